The molecule has 0 aromatic heterocycles. The van der Waals surface area contributed by atoms with Gasteiger partial charge in [0.2, 0.25) is 6.79 Å². The topological polar surface area (TPSA) is 33.7 Å². The van der Waals surface area contributed by atoms with Crippen molar-refractivity contribution in [2.24, 2.45) is 0 Å². The number of nitrogens with zero attached hydrogens (tertiary/aromatic N) is 1. The third-order valence-electron chi connectivity index (χ3n) is 4.95. The number of ether oxygens (including phenoxy) is 2. The number of benzene rings is 1. The van der Waals surface area contributed by atoms with Crippen LogP contribution in [0.15, 0.2) is 18.2 Å². The molecule has 1 aromatic rings. The molecule has 0 saturated heterocycles. The molecule has 0 amide bonds. The van der Waals surface area contributed by atoms with Gasteiger partial charge in [0.1, 0.15) is 0 Å². The van der Waals surface area contributed by atoms with Gasteiger partial charge in [0.15, 0.2) is 11.5 Å². The van der Waals surface area contributed by atoms with Crippen LogP contribution in [-0.2, 0) is 6.54 Å². The predicted molar refractivity (Wildman–Crippen MR) is 83.8 cm³/mol. The van der Waals surface area contributed by atoms with E-state index in [4.69, 9.17) is 9.47 Å². The lowest BCUT2D eigenvalue weighted by Gasteiger charge is -2.43. The maximum atomic E-state index is 5.44. The highest BCUT2D eigenvalue weighted by Crippen LogP contribution is 2.33. The maximum absolute atomic E-state index is 5.44. The Morgan fingerprint density at radius 1 is 1.10 bits per heavy atom. The van der Waals surface area contributed by atoms with Gasteiger partial charge in [0.25, 0.3) is 0 Å². The summed E-state index contributed by atoms with van der Waals surface area (Å²) in [6.07, 6.45) is 6.69. The first-order chi connectivity index (χ1) is 10.2. The molecule has 0 radical (unpaired) electrons. The number of fused-ring (bicyclic) bond motifs is 1. The van der Waals surface area contributed by atoms with E-state index in [2.05, 4.69) is 36.4 Å². The quantitative estimate of drug-likeness (QED) is 0.904. The third kappa shape index (κ3) is 3.16. The predicted octanol–water partition coefficient (Wildman–Crippen LogP) is 2.77. The van der Waals surface area contributed by atoms with E-state index >= 15 is 0 Å². The highest BCUT2D eigenvalue weighted by Gasteiger charge is 2.33. The van der Waals surface area contributed by atoms with E-state index < -0.39 is 0 Å². The average molecular weight is 290 g/mol. The molecule has 3 rings (SSSR count). The molecule has 1 N–H and O–H groups in total. The van der Waals surface area contributed by atoms with E-state index in [1.807, 2.05) is 6.07 Å². The molecular formula is C17H26N2O2. The Balaban J connectivity index is 1.57. The fourth-order valence-corrected chi connectivity index (χ4v) is 3.48. The summed E-state index contributed by atoms with van der Waals surface area (Å²) in [5, 5.41) is 3.65. The lowest BCUT2D eigenvalue weighted by atomic mass is 9.80. The molecule has 1 fully saturated rings. The van der Waals surface area contributed by atoms with Crippen molar-refractivity contribution in [3.8, 4) is 11.5 Å². The van der Waals surface area contributed by atoms with Crippen LogP contribution in [0.2, 0.25) is 0 Å². The van der Waals surface area contributed by atoms with Crippen LogP contribution in [0.25, 0.3) is 0 Å². The lowest BCUT2D eigenvalue weighted by molar-refractivity contribution is 0.0984. The van der Waals surface area contributed by atoms with E-state index in [0.29, 0.717) is 12.3 Å². The number of rotatable bonds is 5. The second-order valence-electron chi connectivity index (χ2n) is 6.47. The third-order valence-corrected chi connectivity index (χ3v) is 4.95. The van der Waals surface area contributed by atoms with Crippen LogP contribution in [-0.4, -0.2) is 37.9 Å². The van der Waals surface area contributed by atoms with E-state index in [1.165, 1.54) is 37.7 Å². The van der Waals surface area contributed by atoms with E-state index in [0.717, 1.165) is 24.6 Å². The molecule has 0 bridgehead atoms. The summed E-state index contributed by atoms with van der Waals surface area (Å²) in [5.41, 5.74) is 1.58. The van der Waals surface area contributed by atoms with Gasteiger partial charge in [-0.2, -0.15) is 0 Å². The van der Waals surface area contributed by atoms with Crippen LogP contribution >= 0.6 is 0 Å². The largest absolute Gasteiger partial charge is 0.454 e. The summed E-state index contributed by atoms with van der Waals surface area (Å²) in [7, 11) is 4.43. The lowest BCUT2D eigenvalue weighted by Crippen LogP contribution is -2.52. The van der Waals surface area contributed by atoms with Crippen LogP contribution < -0.4 is 14.8 Å². The standard InChI is InChI=1S/C17H26N2O2/c1-19(2)17(8-4-3-5-9-17)12-18-11-14-6-7-15-16(10-14)21-13-20-15/h6-7,10,18H,3-5,8-9,11-13H2,1-2H3. The van der Waals surface area contributed by atoms with Crippen molar-refractivity contribution < 1.29 is 9.47 Å². The van der Waals surface area contributed by atoms with Crippen LogP contribution in [0, 0.1) is 0 Å². The number of hydrogen-bond acceptors (Lipinski definition) is 4. The van der Waals surface area contributed by atoms with Gasteiger partial charge in [0, 0.05) is 18.6 Å². The molecule has 4 heteroatoms. The summed E-state index contributed by atoms with van der Waals surface area (Å²) in [5.74, 6) is 1.73. The molecule has 2 aliphatic rings. The fraction of sp³-hybridized carbons (Fsp3) is 0.647. The van der Waals surface area contributed by atoms with Crippen molar-refractivity contribution in [1.82, 2.24) is 10.2 Å². The van der Waals surface area contributed by atoms with Gasteiger partial charge in [-0.3, -0.25) is 0 Å². The van der Waals surface area contributed by atoms with Crippen LogP contribution in [0.3, 0.4) is 0 Å². The molecule has 116 valence electrons. The van der Waals surface area contributed by atoms with Crippen molar-refractivity contribution in [2.45, 2.75) is 44.2 Å². The Hall–Kier alpha value is -1.26. The molecule has 21 heavy (non-hydrogen) atoms. The van der Waals surface area contributed by atoms with Crippen molar-refractivity contribution >= 4 is 0 Å². The van der Waals surface area contributed by atoms with Gasteiger partial charge >= 0.3 is 0 Å². The zero-order chi connectivity index (χ0) is 14.7. The second kappa shape index (κ2) is 6.24. The Morgan fingerprint density at radius 2 is 1.86 bits per heavy atom. The summed E-state index contributed by atoms with van der Waals surface area (Å²) < 4.78 is 10.8. The maximum Gasteiger partial charge on any atom is 0.231 e. The minimum absolute atomic E-state index is 0.328. The molecule has 0 atom stereocenters. The molecule has 1 saturated carbocycles. The number of hydrogen-bond donors (Lipinski definition) is 1. The first-order valence-electron chi connectivity index (χ1n) is 7.96. The first kappa shape index (κ1) is 14.7. The Kier molecular flexibility index (Phi) is 4.36. The zero-order valence-corrected chi connectivity index (χ0v) is 13.2. The molecule has 1 heterocycles. The SMILES string of the molecule is CN(C)C1(CNCc2ccc3c(c2)OCO3)CCCCC1. The zero-order valence-electron chi connectivity index (χ0n) is 13.2. The Bertz CT molecular complexity index is 482. The monoisotopic (exact) mass is 290 g/mol. The normalized spacial score (nSPS) is 20.0. The molecule has 1 aliphatic heterocycles. The van der Waals surface area contributed by atoms with Gasteiger partial charge in [0.05, 0.1) is 0 Å². The highest BCUT2D eigenvalue weighted by molar-refractivity contribution is 5.44. The molecule has 0 spiro atoms. The van der Waals surface area contributed by atoms with Gasteiger partial charge in [-0.1, -0.05) is 25.3 Å². The van der Waals surface area contributed by atoms with Crippen molar-refractivity contribution in [3.63, 3.8) is 0 Å². The molecule has 1 aromatic carbocycles. The van der Waals surface area contributed by atoms with Gasteiger partial charge in [-0.25, -0.2) is 0 Å². The highest BCUT2D eigenvalue weighted by atomic mass is 16.7. The number of likely N-dealkylation sites (N-methyl/N-ethyl adjacent to an activating group) is 1. The summed E-state index contributed by atoms with van der Waals surface area (Å²) >= 11 is 0. The minimum atomic E-state index is 0.328. The average Bonchev–Trinajstić information content (AvgIpc) is 2.95. The fourth-order valence-electron chi connectivity index (χ4n) is 3.48. The van der Waals surface area contributed by atoms with Crippen LogP contribution in [0.5, 0.6) is 11.5 Å². The summed E-state index contributed by atoms with van der Waals surface area (Å²) in [6.45, 7) is 2.27. The van der Waals surface area contributed by atoms with E-state index in [-0.39, 0.29) is 0 Å². The molecule has 4 nitrogen and oxygen atoms in total. The summed E-state index contributed by atoms with van der Waals surface area (Å²) in [6, 6.07) is 6.20. The van der Waals surface area contributed by atoms with Crippen molar-refractivity contribution in [1.29, 1.82) is 0 Å². The van der Waals surface area contributed by atoms with Gasteiger partial charge < -0.3 is 19.7 Å². The smallest absolute Gasteiger partial charge is 0.231 e. The summed E-state index contributed by atoms with van der Waals surface area (Å²) in [4.78, 5) is 2.42. The Morgan fingerprint density at radius 3 is 2.62 bits per heavy atom. The van der Waals surface area contributed by atoms with Crippen molar-refractivity contribution in [3.05, 3.63) is 23.8 Å². The molecule has 0 unspecified atom stereocenters. The van der Waals surface area contributed by atoms with E-state index in [1.54, 1.807) is 0 Å². The van der Waals surface area contributed by atoms with Crippen LogP contribution in [0.4, 0.5) is 0 Å². The molecule has 1 aliphatic carbocycles. The molecular weight excluding hydrogens is 264 g/mol. The second-order valence-corrected chi connectivity index (χ2v) is 6.47. The van der Waals surface area contributed by atoms with Gasteiger partial charge in [-0.05, 0) is 44.6 Å². The van der Waals surface area contributed by atoms with Gasteiger partial charge in [-0.15, -0.1) is 0 Å². The van der Waals surface area contributed by atoms with E-state index in [9.17, 15) is 0 Å². The van der Waals surface area contributed by atoms with Crippen LogP contribution in [0.1, 0.15) is 37.7 Å². The minimum Gasteiger partial charge on any atom is -0.454 e. The van der Waals surface area contributed by atoms with Crippen molar-refractivity contribution in [2.75, 3.05) is 27.4 Å². The number of nitrogens with one attached hydrogen (secondary N) is 1. The Labute approximate surface area is 127 Å². The first-order valence-corrected chi connectivity index (χ1v) is 7.96.